The number of ether oxygens (including phenoxy) is 1. The fraction of sp³-hybridized carbons (Fsp3) is 0.750. The van der Waals surface area contributed by atoms with Crippen LogP contribution < -0.4 is 5.73 Å². The molecule has 0 spiro atoms. The molecule has 1 fully saturated rings. The average Bonchev–Trinajstić information content (AvgIpc) is 2.90. The van der Waals surface area contributed by atoms with Crippen LogP contribution in [0.1, 0.15) is 31.4 Å². The van der Waals surface area contributed by atoms with Gasteiger partial charge in [-0.05, 0) is 18.8 Å². The van der Waals surface area contributed by atoms with E-state index in [4.69, 9.17) is 10.5 Å². The first-order valence-corrected chi connectivity index (χ1v) is 6.47. The molecule has 6 nitrogen and oxygen atoms in total. The zero-order valence-corrected chi connectivity index (χ0v) is 10.8. The minimum atomic E-state index is -0.389. The minimum absolute atomic E-state index is 0.116. The van der Waals surface area contributed by atoms with Gasteiger partial charge in [-0.25, -0.2) is 9.67 Å². The molecule has 2 rings (SSSR count). The Balaban J connectivity index is 2.09. The maximum atomic E-state index is 10.9. The predicted molar refractivity (Wildman–Crippen MR) is 65.8 cm³/mol. The van der Waals surface area contributed by atoms with Gasteiger partial charge in [0, 0.05) is 26.2 Å². The largest absolute Gasteiger partial charge is 0.381 e. The molecule has 1 amide bonds. The highest BCUT2D eigenvalue weighted by Gasteiger charge is 2.20. The highest BCUT2D eigenvalue weighted by atomic mass is 16.5. The number of nitrogens with zero attached hydrogens (tertiary/aromatic N) is 3. The summed E-state index contributed by atoms with van der Waals surface area (Å²) in [4.78, 5) is 15.3. The number of carbonyl (C=O) groups is 1. The molecule has 1 saturated heterocycles. The summed E-state index contributed by atoms with van der Waals surface area (Å²) in [6.45, 7) is 4.55. The van der Waals surface area contributed by atoms with E-state index in [2.05, 4.69) is 17.0 Å². The van der Waals surface area contributed by atoms with Gasteiger partial charge in [-0.2, -0.15) is 5.10 Å². The molecule has 18 heavy (non-hydrogen) atoms. The smallest absolute Gasteiger partial charge is 0.225 e. The second-order valence-corrected chi connectivity index (χ2v) is 4.74. The van der Waals surface area contributed by atoms with Crippen LogP contribution in [0.4, 0.5) is 0 Å². The van der Waals surface area contributed by atoms with Crippen molar-refractivity contribution in [3.05, 3.63) is 11.6 Å². The molecule has 1 aromatic rings. The Morgan fingerprint density at radius 3 is 3.06 bits per heavy atom. The first kappa shape index (κ1) is 13.0. The summed E-state index contributed by atoms with van der Waals surface area (Å²) in [6, 6.07) is 0. The van der Waals surface area contributed by atoms with Crippen molar-refractivity contribution in [2.45, 2.75) is 39.2 Å². The molecular formula is C12H20N4O2. The Hall–Kier alpha value is -1.43. The number of amides is 1. The summed E-state index contributed by atoms with van der Waals surface area (Å²) in [5.41, 5.74) is 5.17. The maximum absolute atomic E-state index is 10.9. The molecule has 0 bridgehead atoms. The molecule has 1 aromatic heterocycles. The van der Waals surface area contributed by atoms with Gasteiger partial charge in [0.05, 0.1) is 6.42 Å². The lowest BCUT2D eigenvalue weighted by molar-refractivity contribution is -0.117. The van der Waals surface area contributed by atoms with E-state index in [0.29, 0.717) is 11.7 Å². The SMILES string of the molecule is CCCn1nc(CC(N)=O)nc1CC1CCOC1. The zero-order valence-electron chi connectivity index (χ0n) is 10.8. The van der Waals surface area contributed by atoms with Crippen molar-refractivity contribution in [3.63, 3.8) is 0 Å². The normalized spacial score (nSPS) is 19.3. The molecule has 2 heterocycles. The molecular weight excluding hydrogens is 232 g/mol. The molecule has 1 atom stereocenters. The minimum Gasteiger partial charge on any atom is -0.381 e. The molecule has 1 unspecified atom stereocenters. The molecule has 100 valence electrons. The van der Waals surface area contributed by atoms with Gasteiger partial charge in [0.1, 0.15) is 5.82 Å². The van der Waals surface area contributed by atoms with E-state index in [-0.39, 0.29) is 12.3 Å². The number of hydrogen-bond donors (Lipinski definition) is 1. The lowest BCUT2D eigenvalue weighted by Gasteiger charge is -2.07. The first-order chi connectivity index (χ1) is 8.69. The second kappa shape index (κ2) is 5.95. The van der Waals surface area contributed by atoms with Crippen molar-refractivity contribution in [2.24, 2.45) is 11.7 Å². The van der Waals surface area contributed by atoms with Crippen LogP contribution in [0.2, 0.25) is 0 Å². The summed E-state index contributed by atoms with van der Waals surface area (Å²) >= 11 is 0. The van der Waals surface area contributed by atoms with Crippen molar-refractivity contribution >= 4 is 5.91 Å². The molecule has 0 aliphatic carbocycles. The van der Waals surface area contributed by atoms with Crippen LogP contribution in [-0.2, 0) is 28.9 Å². The third-order valence-electron chi connectivity index (χ3n) is 3.06. The van der Waals surface area contributed by atoms with Gasteiger partial charge in [-0.15, -0.1) is 0 Å². The van der Waals surface area contributed by atoms with Crippen molar-refractivity contribution in [1.29, 1.82) is 0 Å². The lowest BCUT2D eigenvalue weighted by Crippen LogP contribution is -2.14. The van der Waals surface area contributed by atoms with E-state index in [1.54, 1.807) is 0 Å². The van der Waals surface area contributed by atoms with Crippen LogP contribution in [0.25, 0.3) is 0 Å². The summed E-state index contributed by atoms with van der Waals surface area (Å²) in [7, 11) is 0. The summed E-state index contributed by atoms with van der Waals surface area (Å²) < 4.78 is 7.27. The van der Waals surface area contributed by atoms with Gasteiger partial charge in [0.25, 0.3) is 0 Å². The second-order valence-electron chi connectivity index (χ2n) is 4.74. The zero-order chi connectivity index (χ0) is 13.0. The number of aromatic nitrogens is 3. The van der Waals surface area contributed by atoms with E-state index >= 15 is 0 Å². The molecule has 1 aliphatic rings. The van der Waals surface area contributed by atoms with Crippen LogP contribution in [0, 0.1) is 5.92 Å². The predicted octanol–water partition coefficient (Wildman–Crippen LogP) is 0.295. The van der Waals surface area contributed by atoms with Crippen molar-refractivity contribution in [3.8, 4) is 0 Å². The van der Waals surface area contributed by atoms with Crippen LogP contribution in [-0.4, -0.2) is 33.9 Å². The van der Waals surface area contributed by atoms with Crippen LogP contribution in [0.3, 0.4) is 0 Å². The van der Waals surface area contributed by atoms with Crippen LogP contribution in [0.5, 0.6) is 0 Å². The number of aryl methyl sites for hydroxylation is 1. The Kier molecular flexibility index (Phi) is 4.30. The summed E-state index contributed by atoms with van der Waals surface area (Å²) in [5.74, 6) is 1.61. The van der Waals surface area contributed by atoms with Crippen LogP contribution in [0.15, 0.2) is 0 Å². The van der Waals surface area contributed by atoms with Gasteiger partial charge in [0.15, 0.2) is 5.82 Å². The van der Waals surface area contributed by atoms with Gasteiger partial charge in [0.2, 0.25) is 5.91 Å². The summed E-state index contributed by atoms with van der Waals surface area (Å²) in [5, 5.41) is 4.35. The van der Waals surface area contributed by atoms with Gasteiger partial charge in [-0.1, -0.05) is 6.92 Å². The Labute approximate surface area is 107 Å². The third-order valence-corrected chi connectivity index (χ3v) is 3.06. The van der Waals surface area contributed by atoms with Crippen molar-refractivity contribution < 1.29 is 9.53 Å². The van der Waals surface area contributed by atoms with E-state index in [9.17, 15) is 4.79 Å². The Bertz CT molecular complexity index is 410. The van der Waals surface area contributed by atoms with E-state index in [1.165, 1.54) is 0 Å². The van der Waals surface area contributed by atoms with E-state index in [0.717, 1.165) is 44.8 Å². The van der Waals surface area contributed by atoms with Crippen molar-refractivity contribution in [2.75, 3.05) is 13.2 Å². The highest BCUT2D eigenvalue weighted by molar-refractivity contribution is 5.75. The number of primary amides is 1. The van der Waals surface area contributed by atoms with Crippen molar-refractivity contribution in [1.82, 2.24) is 14.8 Å². The first-order valence-electron chi connectivity index (χ1n) is 6.47. The molecule has 2 N–H and O–H groups in total. The fourth-order valence-corrected chi connectivity index (χ4v) is 2.20. The number of carbonyl (C=O) groups excluding carboxylic acids is 1. The third kappa shape index (κ3) is 3.29. The molecule has 0 saturated carbocycles. The van der Waals surface area contributed by atoms with Gasteiger partial charge >= 0.3 is 0 Å². The molecule has 0 radical (unpaired) electrons. The van der Waals surface area contributed by atoms with Gasteiger partial charge in [-0.3, -0.25) is 4.79 Å². The number of rotatable bonds is 6. The highest BCUT2D eigenvalue weighted by Crippen LogP contribution is 2.17. The standard InChI is InChI=1S/C12H20N4O2/c1-2-4-16-12(6-9-3-5-18-8-9)14-11(15-16)7-10(13)17/h9H,2-8H2,1H3,(H2,13,17). The average molecular weight is 252 g/mol. The molecule has 0 aromatic carbocycles. The van der Waals surface area contributed by atoms with Gasteiger partial charge < -0.3 is 10.5 Å². The summed E-state index contributed by atoms with van der Waals surface area (Å²) in [6.07, 6.45) is 3.05. The van der Waals surface area contributed by atoms with E-state index < -0.39 is 0 Å². The topological polar surface area (TPSA) is 83.0 Å². The lowest BCUT2D eigenvalue weighted by atomic mass is 10.1. The van der Waals surface area contributed by atoms with Crippen LogP contribution >= 0.6 is 0 Å². The molecule has 6 heteroatoms. The van der Waals surface area contributed by atoms with E-state index in [1.807, 2.05) is 4.68 Å². The number of hydrogen-bond acceptors (Lipinski definition) is 4. The maximum Gasteiger partial charge on any atom is 0.225 e. The Morgan fingerprint density at radius 1 is 1.61 bits per heavy atom. The molecule has 1 aliphatic heterocycles. The quantitative estimate of drug-likeness (QED) is 0.789. The number of nitrogens with two attached hydrogens (primary N) is 1. The fourth-order valence-electron chi connectivity index (χ4n) is 2.20. The monoisotopic (exact) mass is 252 g/mol. The Morgan fingerprint density at radius 2 is 2.44 bits per heavy atom.